The number of anilines is 1. The van der Waals surface area contributed by atoms with Crippen LogP contribution < -0.4 is 14.8 Å². The molecule has 0 bridgehead atoms. The molecule has 2 saturated heterocycles. The molecule has 2 aliphatic rings. The van der Waals surface area contributed by atoms with E-state index in [0.29, 0.717) is 23.9 Å². The lowest BCUT2D eigenvalue weighted by Gasteiger charge is -2.20. The molecule has 2 fully saturated rings. The zero-order valence-electron chi connectivity index (χ0n) is 21.8. The van der Waals surface area contributed by atoms with Crippen LogP contribution in [0.4, 0.5) is 32.3 Å². The van der Waals surface area contributed by atoms with Crippen molar-refractivity contribution in [2.45, 2.75) is 25.0 Å². The number of aliphatic carboxylic acids is 2. The largest absolute Gasteiger partial charge is 0.497 e. The van der Waals surface area contributed by atoms with E-state index < -0.39 is 24.3 Å². The highest BCUT2D eigenvalue weighted by atomic mass is 19.4. The highest BCUT2D eigenvalue weighted by molar-refractivity contribution is 5.73. The van der Waals surface area contributed by atoms with Gasteiger partial charge in [-0.05, 0) is 23.8 Å². The van der Waals surface area contributed by atoms with Gasteiger partial charge < -0.3 is 29.7 Å². The number of carboxylic acids is 2. The first kappa shape index (κ1) is 33.3. The van der Waals surface area contributed by atoms with Crippen LogP contribution in [0.15, 0.2) is 36.7 Å². The second-order valence-corrected chi connectivity index (χ2v) is 8.77. The zero-order valence-corrected chi connectivity index (χ0v) is 21.8. The number of aromatic nitrogens is 2. The van der Waals surface area contributed by atoms with Crippen molar-refractivity contribution in [3.63, 3.8) is 0 Å². The molecule has 2 aliphatic heterocycles. The van der Waals surface area contributed by atoms with Gasteiger partial charge in [0.1, 0.15) is 11.5 Å². The fraction of sp³-hybridized carbons (Fsp3) is 0.500. The SMILES string of the molecule is COc1cc(CN2C[C@@H]3[C@@H](CNc4ncccn4)CO[C@@H]3C2)cc(OC)c1.O=C(O)C(F)(F)F.O=C(O)C(F)(F)F. The van der Waals surface area contributed by atoms with Gasteiger partial charge in [-0.3, -0.25) is 4.90 Å². The van der Waals surface area contributed by atoms with Gasteiger partial charge in [0.15, 0.2) is 0 Å². The molecule has 0 saturated carbocycles. The Balaban J connectivity index is 0.000000349. The van der Waals surface area contributed by atoms with E-state index >= 15 is 0 Å². The van der Waals surface area contributed by atoms with E-state index in [9.17, 15) is 26.3 Å². The van der Waals surface area contributed by atoms with Crippen molar-refractivity contribution < 1.29 is 60.4 Å². The van der Waals surface area contributed by atoms with Gasteiger partial charge in [0.2, 0.25) is 5.95 Å². The molecule has 11 nitrogen and oxygen atoms in total. The van der Waals surface area contributed by atoms with Crippen LogP contribution in [0, 0.1) is 11.8 Å². The Morgan fingerprint density at radius 3 is 1.95 bits per heavy atom. The summed E-state index contributed by atoms with van der Waals surface area (Å²) in [5.74, 6) is -2.17. The fourth-order valence-corrected chi connectivity index (χ4v) is 4.05. The average Bonchev–Trinajstić information content (AvgIpc) is 3.47. The number of likely N-dealkylation sites (tertiary alicyclic amines) is 1. The fourth-order valence-electron chi connectivity index (χ4n) is 4.05. The van der Waals surface area contributed by atoms with E-state index in [1.807, 2.05) is 12.1 Å². The first-order valence-corrected chi connectivity index (χ1v) is 11.8. The Labute approximate surface area is 230 Å². The summed E-state index contributed by atoms with van der Waals surface area (Å²) >= 11 is 0. The van der Waals surface area contributed by atoms with E-state index in [1.165, 1.54) is 5.56 Å². The molecule has 17 heteroatoms. The lowest BCUT2D eigenvalue weighted by Crippen LogP contribution is -2.27. The maximum absolute atomic E-state index is 10.6. The number of carbonyl (C=O) groups is 2. The number of alkyl halides is 6. The quantitative estimate of drug-likeness (QED) is 0.404. The van der Waals surface area contributed by atoms with Crippen LogP contribution >= 0.6 is 0 Å². The van der Waals surface area contributed by atoms with Gasteiger partial charge in [-0.25, -0.2) is 19.6 Å². The number of methoxy groups -OCH3 is 2. The summed E-state index contributed by atoms with van der Waals surface area (Å²) in [5, 5.41) is 17.6. The standard InChI is InChI=1S/C20H26N4O3.2C2HF3O2/c1-25-16-6-14(7-17(8-16)26-2)10-24-11-18-15(13-27-19(18)12-24)9-23-20-21-4-3-5-22-20;2*3-2(4,5)1(6)7/h3-8,15,18-19H,9-13H2,1-2H3,(H,21,22,23);2*(H,6,7)/t15-,18+,19+;;/m0../s1. The summed E-state index contributed by atoms with van der Waals surface area (Å²) in [6.07, 6.45) is -6.35. The Morgan fingerprint density at radius 2 is 1.49 bits per heavy atom. The average molecular weight is 598 g/mol. The molecule has 41 heavy (non-hydrogen) atoms. The molecule has 3 N–H and O–H groups in total. The van der Waals surface area contributed by atoms with Crippen molar-refractivity contribution in [3.8, 4) is 11.5 Å². The van der Waals surface area contributed by atoms with Gasteiger partial charge in [0, 0.05) is 56.5 Å². The Kier molecular flexibility index (Phi) is 11.9. The normalized spacial score (nSPS) is 20.0. The van der Waals surface area contributed by atoms with Crippen molar-refractivity contribution in [3.05, 3.63) is 42.2 Å². The first-order valence-electron chi connectivity index (χ1n) is 11.8. The van der Waals surface area contributed by atoms with Crippen molar-refractivity contribution in [1.82, 2.24) is 14.9 Å². The maximum Gasteiger partial charge on any atom is 0.490 e. The molecule has 2 aromatic rings. The van der Waals surface area contributed by atoms with E-state index in [0.717, 1.165) is 44.3 Å². The highest BCUT2D eigenvalue weighted by Crippen LogP contribution is 2.35. The van der Waals surface area contributed by atoms with E-state index in [2.05, 4.69) is 32.3 Å². The maximum atomic E-state index is 10.6. The topological polar surface area (TPSA) is 143 Å². The number of nitrogens with one attached hydrogen (secondary N) is 1. The summed E-state index contributed by atoms with van der Waals surface area (Å²) in [7, 11) is 3.36. The van der Waals surface area contributed by atoms with Crippen molar-refractivity contribution in [2.75, 3.05) is 45.8 Å². The number of nitrogens with zero attached hydrogens (tertiary/aromatic N) is 3. The Hall–Kier alpha value is -3.86. The lowest BCUT2D eigenvalue weighted by molar-refractivity contribution is -0.193. The number of carboxylic acid groups (broad SMARTS) is 2. The Morgan fingerprint density at radius 1 is 0.976 bits per heavy atom. The smallest absolute Gasteiger partial charge is 0.490 e. The second kappa shape index (κ2) is 14.7. The molecule has 3 atom stereocenters. The summed E-state index contributed by atoms with van der Waals surface area (Å²) in [6, 6.07) is 7.87. The molecule has 228 valence electrons. The van der Waals surface area contributed by atoms with Crippen LogP contribution in [0.25, 0.3) is 0 Å². The zero-order chi connectivity index (χ0) is 30.8. The van der Waals surface area contributed by atoms with E-state index in [-0.39, 0.29) is 0 Å². The highest BCUT2D eigenvalue weighted by Gasteiger charge is 2.43. The molecular formula is C24H28F6N4O7. The predicted molar refractivity (Wildman–Crippen MR) is 129 cm³/mol. The third kappa shape index (κ3) is 10.9. The van der Waals surface area contributed by atoms with Crippen LogP contribution in [0.3, 0.4) is 0 Å². The number of benzene rings is 1. The lowest BCUT2D eigenvalue weighted by atomic mass is 9.93. The van der Waals surface area contributed by atoms with Gasteiger partial charge in [-0.15, -0.1) is 0 Å². The van der Waals surface area contributed by atoms with Crippen molar-refractivity contribution >= 4 is 17.9 Å². The molecular weight excluding hydrogens is 570 g/mol. The number of rotatable bonds is 7. The van der Waals surface area contributed by atoms with Crippen molar-refractivity contribution in [2.24, 2.45) is 11.8 Å². The van der Waals surface area contributed by atoms with Gasteiger partial charge in [0.05, 0.1) is 26.9 Å². The molecule has 0 spiro atoms. The summed E-state index contributed by atoms with van der Waals surface area (Å²) in [5.41, 5.74) is 1.19. The van der Waals surface area contributed by atoms with Gasteiger partial charge in [-0.1, -0.05) is 0 Å². The molecule has 0 aliphatic carbocycles. The van der Waals surface area contributed by atoms with Crippen LogP contribution in [0.1, 0.15) is 5.56 Å². The number of ether oxygens (including phenoxy) is 3. The molecule has 0 amide bonds. The summed E-state index contributed by atoms with van der Waals surface area (Å²) in [6.45, 7) is 4.50. The molecule has 1 aromatic heterocycles. The summed E-state index contributed by atoms with van der Waals surface area (Å²) < 4.78 is 80.3. The van der Waals surface area contributed by atoms with Crippen LogP contribution in [0.2, 0.25) is 0 Å². The third-order valence-electron chi connectivity index (χ3n) is 5.91. The minimum Gasteiger partial charge on any atom is -0.497 e. The molecule has 0 radical (unpaired) electrons. The monoisotopic (exact) mass is 598 g/mol. The number of hydrogen-bond acceptors (Lipinski definition) is 9. The molecule has 4 rings (SSSR count). The third-order valence-corrected chi connectivity index (χ3v) is 5.91. The number of fused-ring (bicyclic) bond motifs is 1. The minimum absolute atomic E-state index is 0.306. The van der Waals surface area contributed by atoms with Crippen molar-refractivity contribution in [1.29, 1.82) is 0 Å². The molecule has 1 aromatic carbocycles. The van der Waals surface area contributed by atoms with E-state index in [4.69, 9.17) is 34.0 Å². The molecule has 3 heterocycles. The van der Waals surface area contributed by atoms with Crippen LogP contribution in [-0.4, -0.2) is 95.9 Å². The second-order valence-electron chi connectivity index (χ2n) is 8.77. The predicted octanol–water partition coefficient (Wildman–Crippen LogP) is 3.32. The van der Waals surface area contributed by atoms with E-state index in [1.54, 1.807) is 26.6 Å². The minimum atomic E-state index is -5.08. The van der Waals surface area contributed by atoms with Crippen LogP contribution in [-0.2, 0) is 20.9 Å². The number of halogens is 6. The van der Waals surface area contributed by atoms with Gasteiger partial charge in [0.25, 0.3) is 0 Å². The number of hydrogen-bond donors (Lipinski definition) is 3. The van der Waals surface area contributed by atoms with Gasteiger partial charge in [-0.2, -0.15) is 26.3 Å². The van der Waals surface area contributed by atoms with Gasteiger partial charge >= 0.3 is 24.3 Å². The molecule has 0 unspecified atom stereocenters. The first-order chi connectivity index (χ1) is 19.1. The summed E-state index contributed by atoms with van der Waals surface area (Å²) in [4.78, 5) is 28.7. The van der Waals surface area contributed by atoms with Crippen LogP contribution in [0.5, 0.6) is 11.5 Å². The Bertz CT molecular complexity index is 1090.